The lowest BCUT2D eigenvalue weighted by atomic mass is 9.61. The summed E-state index contributed by atoms with van der Waals surface area (Å²) >= 11 is 0. The molecule has 0 radical (unpaired) electrons. The van der Waals surface area contributed by atoms with E-state index in [1.165, 1.54) is 5.56 Å². The minimum absolute atomic E-state index is 0.0377. The molecular weight excluding hydrogens is 300 g/mol. The smallest absolute Gasteiger partial charge is 0.173 e. The van der Waals surface area contributed by atoms with E-state index in [0.29, 0.717) is 6.42 Å². The zero-order valence-corrected chi connectivity index (χ0v) is 13.8. The fourth-order valence-electron chi connectivity index (χ4n) is 4.18. The molecule has 0 aliphatic heterocycles. The van der Waals surface area contributed by atoms with Crippen molar-refractivity contribution in [3.05, 3.63) is 47.3 Å². The zero-order chi connectivity index (χ0) is 16.9. The van der Waals surface area contributed by atoms with Crippen LogP contribution in [0.2, 0.25) is 0 Å². The monoisotopic (exact) mass is 318 g/mol. The molecule has 0 spiro atoms. The van der Waals surface area contributed by atoms with E-state index >= 15 is 0 Å². The Bertz CT molecular complexity index is 903. The number of aryl methyl sites for hydroxylation is 1. The van der Waals surface area contributed by atoms with Crippen LogP contribution in [-0.4, -0.2) is 20.5 Å². The number of hydrogen-bond acceptors (Lipinski definition) is 4. The van der Waals surface area contributed by atoms with Gasteiger partial charge in [0.25, 0.3) is 0 Å². The average Bonchev–Trinajstić information content (AvgIpc) is 2.93. The van der Waals surface area contributed by atoms with Crippen LogP contribution in [0, 0.1) is 17.2 Å². The molecule has 0 bridgehead atoms. The van der Waals surface area contributed by atoms with Crippen LogP contribution < -0.4 is 0 Å². The molecule has 0 aromatic carbocycles. The Hall–Kier alpha value is -2.74. The first-order chi connectivity index (χ1) is 11.5. The Morgan fingerprint density at radius 1 is 1.42 bits per heavy atom. The summed E-state index contributed by atoms with van der Waals surface area (Å²) < 4.78 is 1.89. The maximum absolute atomic E-state index is 12.1. The van der Waals surface area contributed by atoms with Crippen LogP contribution in [-0.2, 0) is 23.7 Å². The van der Waals surface area contributed by atoms with Gasteiger partial charge in [0.15, 0.2) is 5.78 Å². The second kappa shape index (κ2) is 5.13. The predicted octanol–water partition coefficient (Wildman–Crippen LogP) is 2.72. The quantitative estimate of drug-likeness (QED) is 0.810. The largest absolute Gasteiger partial charge is 0.293 e. The predicted molar refractivity (Wildman–Crippen MR) is 88.9 cm³/mol. The van der Waals surface area contributed by atoms with Gasteiger partial charge >= 0.3 is 0 Å². The van der Waals surface area contributed by atoms with Crippen LogP contribution in [0.3, 0.4) is 0 Å². The summed E-state index contributed by atoms with van der Waals surface area (Å²) in [6, 6.07) is 7.93. The number of Topliss-reactive ketones (excluding diaryl/α,β-unsaturated/α-hetero) is 1. The number of nitrogens with zero attached hydrogens (tertiary/aromatic N) is 4. The summed E-state index contributed by atoms with van der Waals surface area (Å²) in [4.78, 5) is 16.6. The van der Waals surface area contributed by atoms with Crippen LogP contribution in [0.1, 0.15) is 31.0 Å². The Kier molecular flexibility index (Phi) is 3.17. The molecule has 5 heteroatoms. The van der Waals surface area contributed by atoms with Gasteiger partial charge in [-0.1, -0.05) is 19.1 Å². The molecule has 2 heterocycles. The van der Waals surface area contributed by atoms with E-state index in [2.05, 4.69) is 18.0 Å². The van der Waals surface area contributed by atoms with Crippen molar-refractivity contribution in [2.75, 3.05) is 0 Å². The molecule has 2 aromatic heterocycles. The van der Waals surface area contributed by atoms with Crippen molar-refractivity contribution in [1.82, 2.24) is 14.8 Å². The molecule has 2 aromatic rings. The minimum atomic E-state index is -0.364. The summed E-state index contributed by atoms with van der Waals surface area (Å²) in [5.74, 6) is 0.172. The van der Waals surface area contributed by atoms with Gasteiger partial charge in [-0.05, 0) is 30.9 Å². The van der Waals surface area contributed by atoms with Gasteiger partial charge in [0.1, 0.15) is 6.07 Å². The van der Waals surface area contributed by atoms with Crippen molar-refractivity contribution in [2.24, 2.45) is 13.0 Å². The Morgan fingerprint density at radius 2 is 2.25 bits per heavy atom. The molecule has 120 valence electrons. The van der Waals surface area contributed by atoms with E-state index in [4.69, 9.17) is 5.10 Å². The van der Waals surface area contributed by atoms with Crippen LogP contribution >= 0.6 is 0 Å². The SMILES string of the molecule is Cn1nc2c(c1-c1ccccn1)CCC1CC(=O)C(C#N)=CC21C. The highest BCUT2D eigenvalue weighted by atomic mass is 16.1. The second-order valence-electron chi connectivity index (χ2n) is 6.83. The standard InChI is InChI=1S/C19H18N4O/c1-19-10-12(11-20)16(24)9-13(19)6-7-14-17(23(2)22-18(14)19)15-5-3-4-8-21-15/h3-5,8,10,13H,6-7,9H2,1-2H3. The molecule has 0 saturated carbocycles. The van der Waals surface area contributed by atoms with Crippen molar-refractivity contribution in [1.29, 1.82) is 5.26 Å². The molecule has 4 rings (SSSR count). The molecule has 0 N–H and O–H groups in total. The topological polar surface area (TPSA) is 71.6 Å². The first-order valence-corrected chi connectivity index (χ1v) is 8.18. The number of ketones is 1. The molecule has 2 aliphatic carbocycles. The molecule has 2 aliphatic rings. The number of nitriles is 1. The number of pyridine rings is 1. The minimum Gasteiger partial charge on any atom is -0.293 e. The Morgan fingerprint density at radius 3 is 2.96 bits per heavy atom. The summed E-state index contributed by atoms with van der Waals surface area (Å²) in [5, 5.41) is 14.1. The molecule has 24 heavy (non-hydrogen) atoms. The lowest BCUT2D eigenvalue weighted by Gasteiger charge is -2.40. The molecule has 2 unspecified atom stereocenters. The van der Waals surface area contributed by atoms with E-state index in [9.17, 15) is 10.1 Å². The number of rotatable bonds is 1. The molecule has 2 atom stereocenters. The summed E-state index contributed by atoms with van der Waals surface area (Å²) in [5.41, 5.74) is 4.03. The molecular formula is C19H18N4O. The lowest BCUT2D eigenvalue weighted by molar-refractivity contribution is -0.117. The first kappa shape index (κ1) is 14.8. The fourth-order valence-corrected chi connectivity index (χ4v) is 4.18. The van der Waals surface area contributed by atoms with E-state index < -0.39 is 0 Å². The number of carbonyl (C=O) groups is 1. The van der Waals surface area contributed by atoms with Crippen LogP contribution in [0.4, 0.5) is 0 Å². The van der Waals surface area contributed by atoms with Crippen LogP contribution in [0.15, 0.2) is 36.0 Å². The normalized spacial score (nSPS) is 25.5. The number of hydrogen-bond donors (Lipinski definition) is 0. The highest BCUT2D eigenvalue weighted by molar-refractivity contribution is 6.00. The summed E-state index contributed by atoms with van der Waals surface area (Å²) in [6.07, 6.45) is 5.88. The van der Waals surface area contributed by atoms with Crippen molar-refractivity contribution in [3.63, 3.8) is 0 Å². The van der Waals surface area contributed by atoms with Crippen LogP contribution in [0.25, 0.3) is 11.4 Å². The summed E-state index contributed by atoms with van der Waals surface area (Å²) in [6.45, 7) is 2.11. The average molecular weight is 318 g/mol. The van der Waals surface area contributed by atoms with Gasteiger partial charge in [-0.3, -0.25) is 14.5 Å². The molecule has 0 amide bonds. The summed E-state index contributed by atoms with van der Waals surface area (Å²) in [7, 11) is 1.93. The third-order valence-electron chi connectivity index (χ3n) is 5.45. The second-order valence-corrected chi connectivity index (χ2v) is 6.83. The zero-order valence-electron chi connectivity index (χ0n) is 13.8. The van der Waals surface area contributed by atoms with E-state index in [-0.39, 0.29) is 22.7 Å². The van der Waals surface area contributed by atoms with Gasteiger partial charge in [-0.15, -0.1) is 0 Å². The highest BCUT2D eigenvalue weighted by Crippen LogP contribution is 2.48. The van der Waals surface area contributed by atoms with E-state index in [1.807, 2.05) is 36.0 Å². The number of allylic oxidation sites excluding steroid dienone is 2. The van der Waals surface area contributed by atoms with Crippen LogP contribution in [0.5, 0.6) is 0 Å². The van der Waals surface area contributed by atoms with Gasteiger partial charge < -0.3 is 0 Å². The Labute approximate surface area is 140 Å². The lowest BCUT2D eigenvalue weighted by Crippen LogP contribution is -2.40. The maximum atomic E-state index is 12.1. The number of carbonyl (C=O) groups excluding carboxylic acids is 1. The van der Waals surface area contributed by atoms with Gasteiger partial charge in [0.05, 0.1) is 22.7 Å². The molecule has 0 saturated heterocycles. The van der Waals surface area contributed by atoms with Gasteiger partial charge in [0.2, 0.25) is 0 Å². The third-order valence-corrected chi connectivity index (χ3v) is 5.45. The van der Waals surface area contributed by atoms with Gasteiger partial charge in [0, 0.05) is 30.6 Å². The van der Waals surface area contributed by atoms with Crippen molar-refractivity contribution in [3.8, 4) is 17.5 Å². The number of aromatic nitrogens is 3. The van der Waals surface area contributed by atoms with E-state index in [0.717, 1.165) is 29.9 Å². The molecule has 0 fully saturated rings. The first-order valence-electron chi connectivity index (χ1n) is 8.18. The third kappa shape index (κ3) is 1.96. The molecule has 5 nitrogen and oxygen atoms in total. The van der Waals surface area contributed by atoms with Crippen molar-refractivity contribution < 1.29 is 4.79 Å². The fraction of sp³-hybridized carbons (Fsp3) is 0.368. The maximum Gasteiger partial charge on any atom is 0.173 e. The highest BCUT2D eigenvalue weighted by Gasteiger charge is 2.46. The number of fused-ring (bicyclic) bond motifs is 3. The Balaban J connectivity index is 1.93. The van der Waals surface area contributed by atoms with Gasteiger partial charge in [-0.25, -0.2) is 0 Å². The van der Waals surface area contributed by atoms with E-state index in [1.54, 1.807) is 6.20 Å². The van der Waals surface area contributed by atoms with Gasteiger partial charge in [-0.2, -0.15) is 10.4 Å². The van der Waals surface area contributed by atoms with Crippen molar-refractivity contribution in [2.45, 2.75) is 31.6 Å². The van der Waals surface area contributed by atoms with Crippen molar-refractivity contribution >= 4 is 5.78 Å².